The first-order valence-electron chi connectivity index (χ1n) is 8.38. The number of nitro groups is 1. The van der Waals surface area contributed by atoms with Crippen molar-refractivity contribution in [2.45, 2.75) is 32.4 Å². The minimum Gasteiger partial charge on any atom is -0.368 e. The summed E-state index contributed by atoms with van der Waals surface area (Å²) in [5.74, 6) is 0.552. The molecule has 1 amide bonds. The molecule has 2 N–H and O–H groups in total. The topological polar surface area (TPSA) is 111 Å². The van der Waals surface area contributed by atoms with Gasteiger partial charge in [0.15, 0.2) is 0 Å². The van der Waals surface area contributed by atoms with E-state index in [1.54, 1.807) is 24.6 Å². The van der Waals surface area contributed by atoms with Crippen molar-refractivity contribution >= 4 is 23.2 Å². The number of carbonyl (C=O) groups excluding carboxylic acids is 1. The molecule has 0 aliphatic carbocycles. The Morgan fingerprint density at radius 2 is 2.31 bits per heavy atom. The number of imidazole rings is 1. The summed E-state index contributed by atoms with van der Waals surface area (Å²) >= 11 is 0. The van der Waals surface area contributed by atoms with Crippen LogP contribution in [0.1, 0.15) is 24.2 Å². The quantitative estimate of drug-likeness (QED) is 0.605. The zero-order valence-corrected chi connectivity index (χ0v) is 14.7. The van der Waals surface area contributed by atoms with Crippen molar-refractivity contribution in [1.29, 1.82) is 0 Å². The Balaban J connectivity index is 1.68. The van der Waals surface area contributed by atoms with Gasteiger partial charge >= 0.3 is 5.82 Å². The average Bonchev–Trinajstić information content (AvgIpc) is 3.23. The minimum absolute atomic E-state index is 0.148. The number of anilines is 2. The molecular weight excluding hydrogens is 338 g/mol. The number of hydrogen-bond acceptors (Lipinski definition) is 6. The first-order chi connectivity index (χ1) is 12.5. The standard InChI is InChI=1S/C17H21N5O4/c1-11-19-16(22(24)25)15(21(11)2)18-10-12-5-3-6-13(9-12)20-17(23)14-7-4-8-26-14/h3,5-6,9,14,18H,4,7-8,10H2,1-2H3,(H,20,23)/t14-/m1/s1. The number of nitrogens with one attached hydrogen (secondary N) is 2. The van der Waals surface area contributed by atoms with Crippen LogP contribution in [-0.2, 0) is 23.1 Å². The Hall–Kier alpha value is -2.94. The van der Waals surface area contributed by atoms with Crippen LogP contribution < -0.4 is 10.6 Å². The maximum Gasteiger partial charge on any atom is 0.406 e. The van der Waals surface area contributed by atoms with Crippen molar-refractivity contribution < 1.29 is 14.5 Å². The van der Waals surface area contributed by atoms with Gasteiger partial charge < -0.3 is 25.5 Å². The Morgan fingerprint density at radius 1 is 1.50 bits per heavy atom. The molecule has 0 saturated carbocycles. The van der Waals surface area contributed by atoms with Gasteiger partial charge in [-0.3, -0.25) is 9.36 Å². The number of aryl methyl sites for hydroxylation is 1. The van der Waals surface area contributed by atoms with Gasteiger partial charge in [-0.2, -0.15) is 0 Å². The number of hydrogen-bond donors (Lipinski definition) is 2. The maximum absolute atomic E-state index is 12.1. The van der Waals surface area contributed by atoms with Gasteiger partial charge in [0.1, 0.15) is 6.10 Å². The Bertz CT molecular complexity index is 827. The second kappa shape index (κ2) is 7.52. The summed E-state index contributed by atoms with van der Waals surface area (Å²) in [7, 11) is 1.72. The molecule has 9 nitrogen and oxygen atoms in total. The van der Waals surface area contributed by atoms with Crippen LogP contribution in [0.4, 0.5) is 17.3 Å². The van der Waals surface area contributed by atoms with Gasteiger partial charge in [-0.05, 0) is 40.4 Å². The fourth-order valence-electron chi connectivity index (χ4n) is 2.87. The molecule has 1 atom stereocenters. The van der Waals surface area contributed by atoms with Gasteiger partial charge in [0.05, 0.1) is 0 Å². The van der Waals surface area contributed by atoms with E-state index in [0.717, 1.165) is 18.4 Å². The van der Waals surface area contributed by atoms with E-state index in [9.17, 15) is 14.9 Å². The second-order valence-electron chi connectivity index (χ2n) is 6.19. The van der Waals surface area contributed by atoms with Gasteiger partial charge in [0, 0.05) is 32.8 Å². The molecule has 2 heterocycles. The van der Waals surface area contributed by atoms with Crippen molar-refractivity contribution in [1.82, 2.24) is 9.55 Å². The molecule has 1 fully saturated rings. The molecule has 1 aromatic carbocycles. The van der Waals surface area contributed by atoms with E-state index in [4.69, 9.17) is 4.74 Å². The van der Waals surface area contributed by atoms with E-state index < -0.39 is 11.0 Å². The molecule has 1 aromatic heterocycles. The van der Waals surface area contributed by atoms with Crippen LogP contribution in [0.5, 0.6) is 0 Å². The summed E-state index contributed by atoms with van der Waals surface area (Å²) in [6.45, 7) is 2.69. The second-order valence-corrected chi connectivity index (χ2v) is 6.19. The Labute approximate surface area is 150 Å². The molecule has 1 saturated heterocycles. The lowest BCUT2D eigenvalue weighted by Gasteiger charge is -2.12. The number of ether oxygens (including phenoxy) is 1. The van der Waals surface area contributed by atoms with Crippen LogP contribution >= 0.6 is 0 Å². The summed E-state index contributed by atoms with van der Waals surface area (Å²) in [4.78, 5) is 26.7. The van der Waals surface area contributed by atoms with Crippen LogP contribution in [-0.4, -0.2) is 33.1 Å². The van der Waals surface area contributed by atoms with Crippen LogP contribution in [0.2, 0.25) is 0 Å². The fraction of sp³-hybridized carbons (Fsp3) is 0.412. The lowest BCUT2D eigenvalue weighted by atomic mass is 10.2. The first kappa shape index (κ1) is 17.9. The van der Waals surface area contributed by atoms with E-state index >= 15 is 0 Å². The molecule has 3 rings (SSSR count). The summed E-state index contributed by atoms with van der Waals surface area (Å²) in [5.41, 5.74) is 1.55. The lowest BCUT2D eigenvalue weighted by molar-refractivity contribution is -0.388. The zero-order valence-electron chi connectivity index (χ0n) is 14.7. The van der Waals surface area contributed by atoms with Gasteiger partial charge in [-0.15, -0.1) is 0 Å². The maximum atomic E-state index is 12.1. The van der Waals surface area contributed by atoms with Gasteiger partial charge in [-0.25, -0.2) is 0 Å². The molecule has 0 spiro atoms. The molecular formula is C17H21N5O4. The van der Waals surface area contributed by atoms with Gasteiger partial charge in [0.2, 0.25) is 11.6 Å². The third kappa shape index (κ3) is 3.83. The normalized spacial score (nSPS) is 16.5. The zero-order chi connectivity index (χ0) is 18.7. The molecule has 26 heavy (non-hydrogen) atoms. The van der Waals surface area contributed by atoms with Gasteiger partial charge in [0.25, 0.3) is 5.91 Å². The summed E-state index contributed by atoms with van der Waals surface area (Å²) in [6, 6.07) is 7.33. The smallest absolute Gasteiger partial charge is 0.368 e. The predicted octanol–water partition coefficient (Wildman–Crippen LogP) is 2.37. The number of carbonyl (C=O) groups is 1. The van der Waals surface area contributed by atoms with Crippen LogP contribution in [0.3, 0.4) is 0 Å². The molecule has 138 valence electrons. The van der Waals surface area contributed by atoms with E-state index in [-0.39, 0.29) is 11.7 Å². The highest BCUT2D eigenvalue weighted by Gasteiger charge is 2.24. The van der Waals surface area contributed by atoms with Crippen molar-refractivity contribution in [3.63, 3.8) is 0 Å². The highest BCUT2D eigenvalue weighted by molar-refractivity contribution is 5.94. The molecule has 1 aliphatic heterocycles. The average molecular weight is 359 g/mol. The molecule has 2 aromatic rings. The summed E-state index contributed by atoms with van der Waals surface area (Å²) < 4.78 is 7.02. The van der Waals surface area contributed by atoms with Crippen molar-refractivity contribution in [2.24, 2.45) is 7.05 Å². The van der Waals surface area contributed by atoms with Crippen LogP contribution in [0.25, 0.3) is 0 Å². The molecule has 9 heteroatoms. The van der Waals surface area contributed by atoms with Crippen molar-refractivity contribution in [3.8, 4) is 0 Å². The highest BCUT2D eigenvalue weighted by Crippen LogP contribution is 2.24. The summed E-state index contributed by atoms with van der Waals surface area (Å²) in [5, 5.41) is 17.0. The fourth-order valence-corrected chi connectivity index (χ4v) is 2.87. The van der Waals surface area contributed by atoms with Crippen molar-refractivity contribution in [3.05, 3.63) is 45.8 Å². The van der Waals surface area contributed by atoms with E-state index in [1.807, 2.05) is 18.2 Å². The Kier molecular flexibility index (Phi) is 5.17. The number of nitrogens with zero attached hydrogens (tertiary/aromatic N) is 3. The number of benzene rings is 1. The first-order valence-corrected chi connectivity index (χ1v) is 8.38. The van der Waals surface area contributed by atoms with Crippen molar-refractivity contribution in [2.75, 3.05) is 17.2 Å². The van der Waals surface area contributed by atoms with E-state index in [0.29, 0.717) is 30.5 Å². The van der Waals surface area contributed by atoms with Crippen LogP contribution in [0, 0.1) is 17.0 Å². The lowest BCUT2D eigenvalue weighted by Crippen LogP contribution is -2.26. The number of aromatic nitrogens is 2. The SMILES string of the molecule is Cc1nc([N+](=O)[O-])c(NCc2cccc(NC(=O)[C@H]3CCCO3)c2)n1C. The highest BCUT2D eigenvalue weighted by atomic mass is 16.6. The molecule has 0 bridgehead atoms. The van der Waals surface area contributed by atoms with E-state index in [2.05, 4.69) is 15.6 Å². The molecule has 1 aliphatic rings. The minimum atomic E-state index is -0.506. The largest absolute Gasteiger partial charge is 0.406 e. The van der Waals surface area contributed by atoms with Crippen LogP contribution in [0.15, 0.2) is 24.3 Å². The van der Waals surface area contributed by atoms with Gasteiger partial charge in [-0.1, -0.05) is 12.1 Å². The summed E-state index contributed by atoms with van der Waals surface area (Å²) in [6.07, 6.45) is 1.23. The third-order valence-corrected chi connectivity index (χ3v) is 4.35. The predicted molar refractivity (Wildman–Crippen MR) is 96.0 cm³/mol. The Morgan fingerprint density at radius 3 is 3.00 bits per heavy atom. The monoisotopic (exact) mass is 359 g/mol. The molecule has 0 radical (unpaired) electrons. The van der Waals surface area contributed by atoms with E-state index in [1.165, 1.54) is 0 Å². The molecule has 0 unspecified atom stereocenters. The third-order valence-electron chi connectivity index (χ3n) is 4.35. The number of rotatable bonds is 6. The number of amides is 1.